The van der Waals surface area contributed by atoms with E-state index in [1.54, 1.807) is 6.07 Å². The van der Waals surface area contributed by atoms with E-state index in [0.29, 0.717) is 11.5 Å². The Labute approximate surface area is 164 Å². The number of halogens is 1. The number of nitrogens with zero attached hydrogens (tertiary/aromatic N) is 2. The molecule has 27 heavy (non-hydrogen) atoms. The van der Waals surface area contributed by atoms with Gasteiger partial charge in [0.25, 0.3) is 11.8 Å². The van der Waals surface area contributed by atoms with E-state index >= 15 is 0 Å². The quantitative estimate of drug-likeness (QED) is 0.422. The Balaban J connectivity index is 1.37. The lowest BCUT2D eigenvalue weighted by molar-refractivity contribution is -0.140. The van der Waals surface area contributed by atoms with Crippen LogP contribution in [0.2, 0.25) is 0 Å². The standard InChI is InChI=1S/C21H17BrN2O3/c1-11-2-6-15(16(22)8-11)17-7-5-14(27-17)10-23-24-20(25)18-12-3-4-13(9-12)19(18)21(24)26/h2-8,10,12-13,18-19H,9H2,1H3/t12-,13-,18-,19+/m0/s1. The highest BCUT2D eigenvalue weighted by atomic mass is 79.9. The van der Waals surface area contributed by atoms with Gasteiger partial charge in [-0.1, -0.05) is 34.1 Å². The molecule has 2 amide bonds. The van der Waals surface area contributed by atoms with Crippen LogP contribution in [-0.2, 0) is 9.59 Å². The maximum Gasteiger partial charge on any atom is 0.254 e. The fourth-order valence-electron chi connectivity index (χ4n) is 4.50. The normalized spacial score (nSPS) is 28.7. The predicted octanol–water partition coefficient (Wildman–Crippen LogP) is 4.16. The minimum Gasteiger partial charge on any atom is -0.455 e. The fourth-order valence-corrected chi connectivity index (χ4v) is 5.19. The number of hydrazone groups is 1. The summed E-state index contributed by atoms with van der Waals surface area (Å²) in [5.41, 5.74) is 2.09. The highest BCUT2D eigenvalue weighted by Crippen LogP contribution is 2.52. The van der Waals surface area contributed by atoms with Gasteiger partial charge in [-0.3, -0.25) is 9.59 Å². The molecule has 0 spiro atoms. The van der Waals surface area contributed by atoms with Crippen LogP contribution in [0.1, 0.15) is 17.7 Å². The molecular weight excluding hydrogens is 408 g/mol. The molecule has 2 bridgehead atoms. The number of carbonyl (C=O) groups is 2. The minimum absolute atomic E-state index is 0.186. The summed E-state index contributed by atoms with van der Waals surface area (Å²) in [6.07, 6.45) is 6.50. The second kappa shape index (κ2) is 6.02. The molecule has 0 unspecified atom stereocenters. The first kappa shape index (κ1) is 16.7. The Kier molecular flexibility index (Phi) is 3.72. The number of hydrogen-bond acceptors (Lipinski definition) is 4. The molecule has 2 aliphatic carbocycles. The van der Waals surface area contributed by atoms with Crippen LogP contribution < -0.4 is 0 Å². The number of fused-ring (bicyclic) bond motifs is 5. The van der Waals surface area contributed by atoms with Crippen molar-refractivity contribution in [1.29, 1.82) is 0 Å². The molecule has 136 valence electrons. The molecule has 5 nitrogen and oxygen atoms in total. The Morgan fingerprint density at radius 3 is 2.48 bits per heavy atom. The monoisotopic (exact) mass is 424 g/mol. The van der Waals surface area contributed by atoms with Crippen molar-refractivity contribution in [2.45, 2.75) is 13.3 Å². The summed E-state index contributed by atoms with van der Waals surface area (Å²) in [5.74, 6) is 0.715. The Morgan fingerprint density at radius 1 is 1.11 bits per heavy atom. The van der Waals surface area contributed by atoms with Gasteiger partial charge in [-0.25, -0.2) is 0 Å². The largest absolute Gasteiger partial charge is 0.455 e. The molecule has 1 saturated heterocycles. The zero-order valence-corrected chi connectivity index (χ0v) is 16.2. The van der Waals surface area contributed by atoms with Crippen molar-refractivity contribution in [3.8, 4) is 11.3 Å². The molecule has 1 aromatic heterocycles. The van der Waals surface area contributed by atoms with Crippen LogP contribution >= 0.6 is 15.9 Å². The lowest BCUT2D eigenvalue weighted by atomic mass is 9.85. The fraction of sp³-hybridized carbons (Fsp3) is 0.286. The highest BCUT2D eigenvalue weighted by molar-refractivity contribution is 9.10. The van der Waals surface area contributed by atoms with E-state index in [1.165, 1.54) is 6.21 Å². The van der Waals surface area contributed by atoms with Crippen molar-refractivity contribution in [3.63, 3.8) is 0 Å². The van der Waals surface area contributed by atoms with Gasteiger partial charge in [0.05, 0.1) is 18.1 Å². The van der Waals surface area contributed by atoms with Crippen molar-refractivity contribution in [2.24, 2.45) is 28.8 Å². The second-order valence-electron chi connectivity index (χ2n) is 7.42. The molecule has 4 atom stereocenters. The van der Waals surface area contributed by atoms with Crippen molar-refractivity contribution >= 4 is 34.0 Å². The molecule has 6 heteroatoms. The van der Waals surface area contributed by atoms with Crippen LogP contribution in [0.15, 0.2) is 56.5 Å². The van der Waals surface area contributed by atoms with Crippen molar-refractivity contribution in [2.75, 3.05) is 0 Å². The van der Waals surface area contributed by atoms with Gasteiger partial charge >= 0.3 is 0 Å². The minimum atomic E-state index is -0.236. The third-order valence-electron chi connectivity index (χ3n) is 5.76. The third kappa shape index (κ3) is 2.54. The molecule has 3 aliphatic rings. The van der Waals surface area contributed by atoms with Crippen LogP contribution in [0.3, 0.4) is 0 Å². The van der Waals surface area contributed by atoms with Crippen LogP contribution in [-0.4, -0.2) is 23.0 Å². The van der Waals surface area contributed by atoms with E-state index in [0.717, 1.165) is 27.0 Å². The van der Waals surface area contributed by atoms with E-state index in [4.69, 9.17) is 4.42 Å². The van der Waals surface area contributed by atoms with Gasteiger partial charge in [0.1, 0.15) is 11.5 Å². The number of hydrogen-bond donors (Lipinski definition) is 0. The second-order valence-corrected chi connectivity index (χ2v) is 8.27. The highest BCUT2D eigenvalue weighted by Gasteiger charge is 2.59. The van der Waals surface area contributed by atoms with Gasteiger partial charge in [-0.05, 0) is 55.0 Å². The molecule has 2 aromatic rings. The topological polar surface area (TPSA) is 62.9 Å². The molecule has 5 rings (SSSR count). The summed E-state index contributed by atoms with van der Waals surface area (Å²) in [5, 5.41) is 5.19. The lowest BCUT2D eigenvalue weighted by Crippen LogP contribution is -2.28. The van der Waals surface area contributed by atoms with Crippen LogP contribution in [0.5, 0.6) is 0 Å². The van der Waals surface area contributed by atoms with Crippen LogP contribution in [0.25, 0.3) is 11.3 Å². The first-order valence-corrected chi connectivity index (χ1v) is 9.79. The van der Waals surface area contributed by atoms with E-state index in [9.17, 15) is 9.59 Å². The maximum atomic E-state index is 12.6. The Bertz CT molecular complexity index is 992. The van der Waals surface area contributed by atoms with E-state index in [1.807, 2.05) is 31.2 Å². The first-order valence-electron chi connectivity index (χ1n) is 8.99. The van der Waals surface area contributed by atoms with Crippen LogP contribution in [0.4, 0.5) is 0 Å². The SMILES string of the molecule is Cc1ccc(-c2ccc(C=NN3C(=O)[C@@H]4[C@H](C3=O)[C@H]3C=C[C@H]4C3)o2)c(Br)c1. The molecule has 0 radical (unpaired) electrons. The number of imide groups is 1. The van der Waals surface area contributed by atoms with Crippen molar-refractivity contribution in [3.05, 3.63) is 58.3 Å². The summed E-state index contributed by atoms with van der Waals surface area (Å²) in [6, 6.07) is 9.65. The predicted molar refractivity (Wildman–Crippen MR) is 104 cm³/mol. The maximum absolute atomic E-state index is 12.6. The number of furan rings is 1. The van der Waals surface area contributed by atoms with E-state index in [2.05, 4.69) is 33.2 Å². The van der Waals surface area contributed by atoms with Gasteiger partial charge in [0, 0.05) is 10.0 Å². The number of amides is 2. The van der Waals surface area contributed by atoms with Gasteiger partial charge < -0.3 is 4.42 Å². The Morgan fingerprint density at radius 2 is 1.81 bits per heavy atom. The number of allylic oxidation sites excluding steroid dienone is 2. The van der Waals surface area contributed by atoms with Crippen molar-refractivity contribution < 1.29 is 14.0 Å². The smallest absolute Gasteiger partial charge is 0.254 e. The van der Waals surface area contributed by atoms with E-state index < -0.39 is 0 Å². The first-order chi connectivity index (χ1) is 13.0. The Hall–Kier alpha value is -2.47. The zero-order valence-electron chi connectivity index (χ0n) is 14.6. The number of carbonyl (C=O) groups excluding carboxylic acids is 2. The summed E-state index contributed by atoms with van der Waals surface area (Å²) in [6.45, 7) is 2.02. The van der Waals surface area contributed by atoms with Gasteiger partial charge in [-0.2, -0.15) is 10.1 Å². The van der Waals surface area contributed by atoms with Gasteiger partial charge in [0.15, 0.2) is 0 Å². The van der Waals surface area contributed by atoms with E-state index in [-0.39, 0.29) is 35.5 Å². The molecule has 2 heterocycles. The molecule has 1 saturated carbocycles. The summed E-state index contributed by atoms with van der Waals surface area (Å²) in [7, 11) is 0. The molecule has 1 aliphatic heterocycles. The van der Waals surface area contributed by atoms with Gasteiger partial charge in [-0.15, -0.1) is 0 Å². The summed E-state index contributed by atoms with van der Waals surface area (Å²) >= 11 is 3.55. The number of aryl methyl sites for hydroxylation is 1. The average molecular weight is 425 g/mol. The molecule has 0 N–H and O–H groups in total. The summed E-state index contributed by atoms with van der Waals surface area (Å²) < 4.78 is 6.77. The average Bonchev–Trinajstić information content (AvgIpc) is 3.39. The molecule has 1 aromatic carbocycles. The lowest BCUT2D eigenvalue weighted by Gasteiger charge is -2.13. The molecule has 2 fully saturated rings. The van der Waals surface area contributed by atoms with Crippen LogP contribution in [0, 0.1) is 30.6 Å². The number of benzene rings is 1. The zero-order chi connectivity index (χ0) is 18.7. The van der Waals surface area contributed by atoms with Gasteiger partial charge in [0.2, 0.25) is 0 Å². The summed E-state index contributed by atoms with van der Waals surface area (Å²) in [4.78, 5) is 25.3. The molecular formula is C21H17BrN2O3. The third-order valence-corrected chi connectivity index (χ3v) is 6.42. The van der Waals surface area contributed by atoms with Crippen molar-refractivity contribution in [1.82, 2.24) is 5.01 Å². The number of rotatable bonds is 3.